The molecule has 3 rings (SSSR count). The van der Waals surface area contributed by atoms with Crippen molar-refractivity contribution in [1.29, 1.82) is 0 Å². The van der Waals surface area contributed by atoms with Gasteiger partial charge in [-0.05, 0) is 77.6 Å². The Morgan fingerprint density at radius 2 is 1.80 bits per heavy atom. The number of hydrogen-bond acceptors (Lipinski definition) is 5. The van der Waals surface area contributed by atoms with E-state index in [1.165, 1.54) is 6.21 Å². The van der Waals surface area contributed by atoms with Gasteiger partial charge in [0.1, 0.15) is 12.4 Å². The van der Waals surface area contributed by atoms with Crippen LogP contribution >= 0.6 is 27.5 Å². The summed E-state index contributed by atoms with van der Waals surface area (Å²) < 4.78 is 18.1. The number of halogens is 2. The van der Waals surface area contributed by atoms with Gasteiger partial charge in [0.2, 0.25) is 0 Å². The molecule has 0 atom stereocenters. The summed E-state index contributed by atoms with van der Waals surface area (Å²) in [7, 11) is 1.57. The SMILES string of the molecule is COc1cc(/C=N/NC(=O)COc2cc(C)c(Br)cc2C(C)C)ccc1OCc1ccc(Cl)cc1. The van der Waals surface area contributed by atoms with Crippen LogP contribution in [0.2, 0.25) is 5.02 Å². The third-order valence-corrected chi connectivity index (χ3v) is 6.28. The fourth-order valence-corrected chi connectivity index (χ4v) is 3.71. The van der Waals surface area contributed by atoms with Crippen LogP contribution in [0.25, 0.3) is 0 Å². The molecule has 0 unspecified atom stereocenters. The summed E-state index contributed by atoms with van der Waals surface area (Å²) in [5.74, 6) is 1.76. The summed E-state index contributed by atoms with van der Waals surface area (Å²) in [6.45, 7) is 6.38. The van der Waals surface area contributed by atoms with Crippen LogP contribution in [0.3, 0.4) is 0 Å². The lowest BCUT2D eigenvalue weighted by molar-refractivity contribution is -0.123. The van der Waals surface area contributed by atoms with Gasteiger partial charge in [-0.2, -0.15) is 5.10 Å². The highest BCUT2D eigenvalue weighted by molar-refractivity contribution is 9.10. The molecular weight excluding hydrogens is 532 g/mol. The van der Waals surface area contributed by atoms with Crippen molar-refractivity contribution >= 4 is 39.7 Å². The second-order valence-corrected chi connectivity index (χ2v) is 9.49. The molecule has 3 aromatic rings. The molecule has 0 aromatic heterocycles. The molecule has 0 bridgehead atoms. The molecule has 0 saturated heterocycles. The van der Waals surface area contributed by atoms with Gasteiger partial charge in [0, 0.05) is 9.50 Å². The Kier molecular flexibility index (Phi) is 9.57. The first-order chi connectivity index (χ1) is 16.8. The summed E-state index contributed by atoms with van der Waals surface area (Å²) in [6, 6.07) is 16.8. The Bertz CT molecular complexity index is 1200. The molecule has 3 aromatic carbocycles. The van der Waals surface area contributed by atoms with Gasteiger partial charge in [0.15, 0.2) is 18.1 Å². The Morgan fingerprint density at radius 3 is 2.49 bits per heavy atom. The van der Waals surface area contributed by atoms with E-state index in [4.69, 9.17) is 25.8 Å². The number of methoxy groups -OCH3 is 1. The topological polar surface area (TPSA) is 69.2 Å². The molecule has 35 heavy (non-hydrogen) atoms. The van der Waals surface area contributed by atoms with Crippen LogP contribution in [0.5, 0.6) is 17.2 Å². The number of hydrazone groups is 1. The van der Waals surface area contributed by atoms with E-state index in [0.29, 0.717) is 28.9 Å². The van der Waals surface area contributed by atoms with Gasteiger partial charge < -0.3 is 14.2 Å². The lowest BCUT2D eigenvalue weighted by Gasteiger charge is -2.15. The number of nitrogens with zero attached hydrogens (tertiary/aromatic N) is 1. The standard InChI is InChI=1S/C27H28BrClN2O4/c1-17(2)22-13-23(28)18(3)11-25(22)35-16-27(32)31-30-14-20-7-10-24(26(12-20)33-4)34-15-19-5-8-21(29)9-6-19/h5-14,17H,15-16H2,1-4H3,(H,31,32)/b30-14+. The molecule has 0 radical (unpaired) electrons. The Balaban J connectivity index is 1.55. The van der Waals surface area contributed by atoms with E-state index in [0.717, 1.165) is 26.7 Å². The number of amides is 1. The van der Waals surface area contributed by atoms with Crippen molar-refractivity contribution in [3.05, 3.63) is 86.3 Å². The van der Waals surface area contributed by atoms with Crippen molar-refractivity contribution < 1.29 is 19.0 Å². The minimum atomic E-state index is -0.355. The van der Waals surface area contributed by atoms with E-state index < -0.39 is 0 Å². The highest BCUT2D eigenvalue weighted by atomic mass is 79.9. The number of carbonyl (C=O) groups is 1. The zero-order chi connectivity index (χ0) is 25.4. The summed E-state index contributed by atoms with van der Waals surface area (Å²) in [5.41, 5.74) is 6.30. The molecule has 0 saturated carbocycles. The number of benzene rings is 3. The van der Waals surface area contributed by atoms with Crippen LogP contribution in [-0.2, 0) is 11.4 Å². The predicted molar refractivity (Wildman–Crippen MR) is 143 cm³/mol. The Labute approximate surface area is 219 Å². The molecular formula is C27H28BrClN2O4. The van der Waals surface area contributed by atoms with Gasteiger partial charge in [0.05, 0.1) is 13.3 Å². The van der Waals surface area contributed by atoms with Crippen molar-refractivity contribution in [3.63, 3.8) is 0 Å². The number of hydrogen-bond donors (Lipinski definition) is 1. The number of aryl methyl sites for hydroxylation is 1. The fourth-order valence-electron chi connectivity index (χ4n) is 3.23. The fraction of sp³-hybridized carbons (Fsp3) is 0.259. The van der Waals surface area contributed by atoms with E-state index in [1.807, 2.05) is 49.4 Å². The minimum Gasteiger partial charge on any atom is -0.493 e. The van der Waals surface area contributed by atoms with Crippen molar-refractivity contribution in [2.45, 2.75) is 33.3 Å². The molecule has 0 spiro atoms. The van der Waals surface area contributed by atoms with E-state index in [1.54, 1.807) is 19.2 Å². The zero-order valence-corrected chi connectivity index (χ0v) is 22.4. The van der Waals surface area contributed by atoms with Crippen molar-refractivity contribution in [3.8, 4) is 17.2 Å². The van der Waals surface area contributed by atoms with Crippen molar-refractivity contribution in [2.24, 2.45) is 5.10 Å². The monoisotopic (exact) mass is 558 g/mol. The first kappa shape index (κ1) is 26.6. The van der Waals surface area contributed by atoms with Crippen molar-refractivity contribution in [1.82, 2.24) is 5.43 Å². The lowest BCUT2D eigenvalue weighted by atomic mass is 10.0. The number of carbonyl (C=O) groups excluding carboxylic acids is 1. The molecule has 0 fully saturated rings. The summed E-state index contributed by atoms with van der Waals surface area (Å²) in [5, 5.41) is 4.71. The van der Waals surface area contributed by atoms with Gasteiger partial charge in [-0.1, -0.05) is 53.5 Å². The number of rotatable bonds is 10. The summed E-state index contributed by atoms with van der Waals surface area (Å²) in [4.78, 5) is 12.2. The molecule has 1 amide bonds. The third kappa shape index (κ3) is 7.73. The van der Waals surface area contributed by atoms with E-state index in [2.05, 4.69) is 40.3 Å². The third-order valence-electron chi connectivity index (χ3n) is 5.17. The number of ether oxygens (including phenoxy) is 3. The average molecular weight is 560 g/mol. The van der Waals surface area contributed by atoms with Gasteiger partial charge in [0.25, 0.3) is 5.91 Å². The quantitative estimate of drug-likeness (QED) is 0.223. The van der Waals surface area contributed by atoms with E-state index in [9.17, 15) is 4.79 Å². The summed E-state index contributed by atoms with van der Waals surface area (Å²) in [6.07, 6.45) is 1.53. The van der Waals surface area contributed by atoms with E-state index >= 15 is 0 Å². The van der Waals surface area contributed by atoms with Crippen molar-refractivity contribution in [2.75, 3.05) is 13.7 Å². The smallest absolute Gasteiger partial charge is 0.277 e. The summed E-state index contributed by atoms with van der Waals surface area (Å²) >= 11 is 9.47. The first-order valence-corrected chi connectivity index (χ1v) is 12.2. The van der Waals surface area contributed by atoms with Gasteiger partial charge >= 0.3 is 0 Å². The predicted octanol–water partition coefficient (Wildman–Crippen LogP) is 6.65. The van der Waals surface area contributed by atoms with Crippen LogP contribution in [0, 0.1) is 6.92 Å². The zero-order valence-electron chi connectivity index (χ0n) is 20.1. The van der Waals surface area contributed by atoms with Crippen LogP contribution in [0.4, 0.5) is 0 Å². The minimum absolute atomic E-state index is 0.140. The van der Waals surface area contributed by atoms with E-state index in [-0.39, 0.29) is 18.4 Å². The molecule has 1 N–H and O–H groups in total. The Hall–Kier alpha value is -3.03. The van der Waals surface area contributed by atoms with Gasteiger partial charge in [-0.15, -0.1) is 0 Å². The molecule has 184 valence electrons. The molecule has 6 nitrogen and oxygen atoms in total. The molecule has 8 heteroatoms. The van der Waals surface area contributed by atoms with Crippen LogP contribution in [0.15, 0.2) is 64.2 Å². The van der Waals surface area contributed by atoms with Crippen LogP contribution in [-0.4, -0.2) is 25.8 Å². The second kappa shape index (κ2) is 12.6. The van der Waals surface area contributed by atoms with Gasteiger partial charge in [-0.3, -0.25) is 4.79 Å². The average Bonchev–Trinajstić information content (AvgIpc) is 2.84. The van der Waals surface area contributed by atoms with Gasteiger partial charge in [-0.25, -0.2) is 5.43 Å². The maximum atomic E-state index is 12.2. The van der Waals surface area contributed by atoms with Crippen LogP contribution < -0.4 is 19.6 Å². The lowest BCUT2D eigenvalue weighted by Crippen LogP contribution is -2.25. The largest absolute Gasteiger partial charge is 0.493 e. The number of nitrogens with one attached hydrogen (secondary N) is 1. The normalized spacial score (nSPS) is 11.1. The molecule has 0 aliphatic rings. The first-order valence-electron chi connectivity index (χ1n) is 11.1. The molecule has 0 heterocycles. The second-order valence-electron chi connectivity index (χ2n) is 8.20. The maximum Gasteiger partial charge on any atom is 0.277 e. The molecule has 0 aliphatic carbocycles. The van der Waals surface area contributed by atoms with Crippen LogP contribution in [0.1, 0.15) is 42.0 Å². The Morgan fingerprint density at radius 1 is 1.06 bits per heavy atom. The highest BCUT2D eigenvalue weighted by Crippen LogP contribution is 2.32. The molecule has 0 aliphatic heterocycles. The highest BCUT2D eigenvalue weighted by Gasteiger charge is 2.12. The maximum absolute atomic E-state index is 12.2.